The number of ether oxygens (including phenoxy) is 1. The summed E-state index contributed by atoms with van der Waals surface area (Å²) in [5.74, 6) is 0. The normalized spacial score (nSPS) is 24.1. The van der Waals surface area contributed by atoms with Crippen LogP contribution in [-0.4, -0.2) is 36.6 Å². The largest absolute Gasteiger partial charge is 0.366 e. The van der Waals surface area contributed by atoms with Crippen LogP contribution in [0.3, 0.4) is 0 Å². The zero-order valence-electron chi connectivity index (χ0n) is 11.5. The summed E-state index contributed by atoms with van der Waals surface area (Å²) in [6, 6.07) is 8.73. The van der Waals surface area contributed by atoms with Crippen LogP contribution in [0.25, 0.3) is 0 Å². The highest BCUT2D eigenvalue weighted by Crippen LogP contribution is 2.35. The summed E-state index contributed by atoms with van der Waals surface area (Å²) in [5.41, 5.74) is 1.85. The molecule has 1 aromatic rings. The van der Waals surface area contributed by atoms with E-state index in [9.17, 15) is 0 Å². The fraction of sp³-hybridized carbons (Fsp3) is 0.625. The molecule has 2 nitrogen and oxygen atoms in total. The minimum Gasteiger partial charge on any atom is -0.366 e. The summed E-state index contributed by atoms with van der Waals surface area (Å²) in [4.78, 5) is 3.96. The molecule has 0 radical (unpaired) electrons. The molecule has 0 aromatic heterocycles. The SMILES string of the molecule is c1ccc2c(c1)CCC(OCCN1CCCCC1)S2. The summed E-state index contributed by atoms with van der Waals surface area (Å²) in [6.07, 6.45) is 6.46. The highest BCUT2D eigenvalue weighted by Gasteiger charge is 2.19. The van der Waals surface area contributed by atoms with E-state index in [1.54, 1.807) is 0 Å². The van der Waals surface area contributed by atoms with Crippen LogP contribution in [0.15, 0.2) is 29.2 Å². The fourth-order valence-electron chi connectivity index (χ4n) is 2.91. The second kappa shape index (κ2) is 6.78. The van der Waals surface area contributed by atoms with Gasteiger partial charge in [-0.05, 0) is 50.4 Å². The van der Waals surface area contributed by atoms with Gasteiger partial charge in [-0.25, -0.2) is 0 Å². The Bertz CT molecular complexity index is 403. The molecule has 1 atom stereocenters. The van der Waals surface area contributed by atoms with Crippen LogP contribution in [0, 0.1) is 0 Å². The maximum Gasteiger partial charge on any atom is 0.108 e. The maximum atomic E-state index is 6.06. The Morgan fingerprint density at radius 3 is 2.89 bits per heavy atom. The van der Waals surface area contributed by atoms with Gasteiger partial charge in [0.2, 0.25) is 0 Å². The Balaban J connectivity index is 1.42. The van der Waals surface area contributed by atoms with Crippen molar-refractivity contribution in [2.45, 2.75) is 42.4 Å². The molecule has 2 heterocycles. The van der Waals surface area contributed by atoms with Crippen LogP contribution >= 0.6 is 11.8 Å². The van der Waals surface area contributed by atoms with Crippen molar-refractivity contribution in [1.82, 2.24) is 4.90 Å². The molecule has 3 heteroatoms. The Hall–Kier alpha value is -0.510. The van der Waals surface area contributed by atoms with E-state index < -0.39 is 0 Å². The van der Waals surface area contributed by atoms with E-state index in [4.69, 9.17) is 4.74 Å². The summed E-state index contributed by atoms with van der Waals surface area (Å²) in [7, 11) is 0. The van der Waals surface area contributed by atoms with Gasteiger partial charge >= 0.3 is 0 Å². The monoisotopic (exact) mass is 277 g/mol. The lowest BCUT2D eigenvalue weighted by Gasteiger charge is -2.28. The number of piperidine rings is 1. The number of fused-ring (bicyclic) bond motifs is 1. The molecule has 0 aliphatic carbocycles. The number of likely N-dealkylation sites (tertiary alicyclic amines) is 1. The summed E-state index contributed by atoms with van der Waals surface area (Å²) in [5, 5.41) is 0. The summed E-state index contributed by atoms with van der Waals surface area (Å²) >= 11 is 1.90. The van der Waals surface area contributed by atoms with Gasteiger partial charge in [0.1, 0.15) is 5.44 Å². The van der Waals surface area contributed by atoms with E-state index in [-0.39, 0.29) is 0 Å². The van der Waals surface area contributed by atoms with Gasteiger partial charge in [-0.3, -0.25) is 0 Å². The number of nitrogens with zero attached hydrogens (tertiary/aromatic N) is 1. The van der Waals surface area contributed by atoms with Crippen molar-refractivity contribution >= 4 is 11.8 Å². The molecule has 104 valence electrons. The molecule has 1 aromatic carbocycles. The van der Waals surface area contributed by atoms with Crippen molar-refractivity contribution in [2.24, 2.45) is 0 Å². The lowest BCUT2D eigenvalue weighted by molar-refractivity contribution is 0.0760. The Labute approximate surface area is 120 Å². The third-order valence-electron chi connectivity index (χ3n) is 4.04. The number of rotatable bonds is 4. The van der Waals surface area contributed by atoms with Crippen molar-refractivity contribution in [2.75, 3.05) is 26.2 Å². The molecule has 0 saturated carbocycles. The molecule has 0 amide bonds. The Morgan fingerprint density at radius 2 is 2.00 bits per heavy atom. The Kier molecular flexibility index (Phi) is 4.81. The predicted octanol–water partition coefficient (Wildman–Crippen LogP) is 3.55. The first-order valence-electron chi connectivity index (χ1n) is 7.50. The predicted molar refractivity (Wildman–Crippen MR) is 80.7 cm³/mol. The van der Waals surface area contributed by atoms with Crippen LogP contribution in [0.4, 0.5) is 0 Å². The van der Waals surface area contributed by atoms with E-state index in [1.165, 1.54) is 42.8 Å². The van der Waals surface area contributed by atoms with E-state index in [0.717, 1.165) is 26.0 Å². The standard InChI is InChI=1S/C16H23NOS/c1-4-10-17(11-5-1)12-13-18-16-9-8-14-6-2-3-7-15(14)19-16/h2-3,6-7,16H,1,4-5,8-13H2. The minimum absolute atomic E-state index is 0.361. The molecule has 0 bridgehead atoms. The van der Waals surface area contributed by atoms with E-state index in [1.807, 2.05) is 11.8 Å². The van der Waals surface area contributed by atoms with Crippen molar-refractivity contribution in [3.8, 4) is 0 Å². The van der Waals surface area contributed by atoms with Gasteiger partial charge in [0.05, 0.1) is 6.61 Å². The second-order valence-electron chi connectivity index (χ2n) is 5.47. The van der Waals surface area contributed by atoms with Gasteiger partial charge in [-0.1, -0.05) is 36.4 Å². The number of aryl methyl sites for hydroxylation is 1. The Morgan fingerprint density at radius 1 is 1.16 bits per heavy atom. The third-order valence-corrected chi connectivity index (χ3v) is 5.33. The first-order valence-corrected chi connectivity index (χ1v) is 8.38. The number of hydrogen-bond acceptors (Lipinski definition) is 3. The summed E-state index contributed by atoms with van der Waals surface area (Å²) < 4.78 is 6.06. The average molecular weight is 277 g/mol. The highest BCUT2D eigenvalue weighted by atomic mass is 32.2. The molecule has 1 saturated heterocycles. The lowest BCUT2D eigenvalue weighted by atomic mass is 10.1. The number of hydrogen-bond donors (Lipinski definition) is 0. The van der Waals surface area contributed by atoms with Gasteiger partial charge in [0, 0.05) is 11.4 Å². The zero-order valence-corrected chi connectivity index (χ0v) is 12.3. The lowest BCUT2D eigenvalue weighted by Crippen LogP contribution is -2.33. The van der Waals surface area contributed by atoms with Crippen LogP contribution < -0.4 is 0 Å². The highest BCUT2D eigenvalue weighted by molar-refractivity contribution is 7.99. The van der Waals surface area contributed by atoms with Gasteiger partial charge in [0.25, 0.3) is 0 Å². The van der Waals surface area contributed by atoms with Gasteiger partial charge in [-0.2, -0.15) is 0 Å². The summed E-state index contributed by atoms with van der Waals surface area (Å²) in [6.45, 7) is 4.53. The topological polar surface area (TPSA) is 12.5 Å². The maximum absolute atomic E-state index is 6.06. The van der Waals surface area contributed by atoms with Crippen molar-refractivity contribution in [3.63, 3.8) is 0 Å². The molecule has 1 fully saturated rings. The second-order valence-corrected chi connectivity index (χ2v) is 6.67. The van der Waals surface area contributed by atoms with Gasteiger partial charge < -0.3 is 9.64 Å². The van der Waals surface area contributed by atoms with Crippen LogP contribution in [0.5, 0.6) is 0 Å². The molecular formula is C16H23NOS. The molecule has 3 rings (SSSR count). The van der Waals surface area contributed by atoms with Crippen LogP contribution in [-0.2, 0) is 11.2 Å². The third kappa shape index (κ3) is 3.74. The molecule has 0 spiro atoms. The zero-order chi connectivity index (χ0) is 12.9. The van der Waals surface area contributed by atoms with Crippen molar-refractivity contribution < 1.29 is 4.74 Å². The molecule has 0 N–H and O–H groups in total. The van der Waals surface area contributed by atoms with Crippen LogP contribution in [0.1, 0.15) is 31.2 Å². The molecule has 2 aliphatic heterocycles. The van der Waals surface area contributed by atoms with Crippen LogP contribution in [0.2, 0.25) is 0 Å². The number of thioether (sulfide) groups is 1. The van der Waals surface area contributed by atoms with Crippen molar-refractivity contribution in [1.29, 1.82) is 0 Å². The van der Waals surface area contributed by atoms with E-state index in [2.05, 4.69) is 29.2 Å². The van der Waals surface area contributed by atoms with E-state index >= 15 is 0 Å². The average Bonchev–Trinajstić information content (AvgIpc) is 2.48. The molecule has 2 aliphatic rings. The molecule has 1 unspecified atom stereocenters. The number of benzene rings is 1. The van der Waals surface area contributed by atoms with E-state index in [0.29, 0.717) is 5.44 Å². The minimum atomic E-state index is 0.361. The quantitative estimate of drug-likeness (QED) is 0.835. The van der Waals surface area contributed by atoms with Gasteiger partial charge in [0.15, 0.2) is 0 Å². The smallest absolute Gasteiger partial charge is 0.108 e. The van der Waals surface area contributed by atoms with Crippen molar-refractivity contribution in [3.05, 3.63) is 29.8 Å². The first-order chi connectivity index (χ1) is 9.42. The molecule has 19 heavy (non-hydrogen) atoms. The van der Waals surface area contributed by atoms with Gasteiger partial charge in [-0.15, -0.1) is 0 Å². The first kappa shape index (κ1) is 13.5. The molecular weight excluding hydrogens is 254 g/mol. The fourth-order valence-corrected chi connectivity index (χ4v) is 4.07.